The molecule has 1 N–H and O–H groups in total. The van der Waals surface area contributed by atoms with E-state index in [0.29, 0.717) is 0 Å². The Morgan fingerprint density at radius 2 is 2.40 bits per heavy atom. The molecule has 1 unspecified atom stereocenters. The molecule has 7 nitrogen and oxygen atoms in total. The maximum Gasteiger partial charge on any atom is 0.320 e. The molecule has 1 rings (SSSR count). The Kier molecular flexibility index (Phi) is 3.30. The number of nitrogens with zero attached hydrogens (tertiary/aromatic N) is 3. The lowest BCUT2D eigenvalue weighted by atomic mass is 10.5. The van der Waals surface area contributed by atoms with Crippen LogP contribution in [0.15, 0.2) is 11.2 Å². The minimum absolute atomic E-state index is 0.123. The molecule has 0 amide bonds. The molecule has 0 bridgehead atoms. The number of hydrogen-bond donors (Lipinski definition) is 1. The summed E-state index contributed by atoms with van der Waals surface area (Å²) >= 11 is 0.854. The Balaban J connectivity index is 2.93. The normalized spacial score (nSPS) is 12.4. The van der Waals surface area contributed by atoms with Gasteiger partial charge < -0.3 is 5.11 Å². The van der Waals surface area contributed by atoms with E-state index in [1.165, 1.54) is 17.8 Å². The number of hydrogen-bond acceptors (Lipinski definition) is 5. The number of nitro groups is 1. The molecule has 0 aromatic carbocycles. The molecule has 0 fully saturated rings. The van der Waals surface area contributed by atoms with E-state index in [0.717, 1.165) is 11.8 Å². The number of carboxylic acids is 1. The van der Waals surface area contributed by atoms with Crippen LogP contribution in [0.4, 0.5) is 5.69 Å². The van der Waals surface area contributed by atoms with Crippen molar-refractivity contribution in [1.82, 2.24) is 9.78 Å². The zero-order valence-corrected chi connectivity index (χ0v) is 8.89. The van der Waals surface area contributed by atoms with E-state index >= 15 is 0 Å². The SMILES string of the molecule is CC(Sc1nn(C)cc1[N+](=O)[O-])C(=O)O. The van der Waals surface area contributed by atoms with Gasteiger partial charge in [-0.2, -0.15) is 5.10 Å². The predicted molar refractivity (Wildman–Crippen MR) is 52.8 cm³/mol. The molecule has 1 atom stereocenters. The van der Waals surface area contributed by atoms with Crippen molar-refractivity contribution in [2.45, 2.75) is 17.2 Å². The van der Waals surface area contributed by atoms with Gasteiger partial charge in [-0.3, -0.25) is 19.6 Å². The van der Waals surface area contributed by atoms with E-state index in [1.807, 2.05) is 0 Å². The van der Waals surface area contributed by atoms with E-state index in [9.17, 15) is 14.9 Å². The topological polar surface area (TPSA) is 98.3 Å². The average Bonchev–Trinajstić information content (AvgIpc) is 2.46. The van der Waals surface area contributed by atoms with Gasteiger partial charge in [-0.25, -0.2) is 0 Å². The molecular weight excluding hydrogens is 222 g/mol. The van der Waals surface area contributed by atoms with E-state index in [1.54, 1.807) is 7.05 Å². The van der Waals surface area contributed by atoms with Gasteiger partial charge in [0.1, 0.15) is 11.4 Å². The minimum atomic E-state index is -1.03. The van der Waals surface area contributed by atoms with Crippen molar-refractivity contribution in [2.75, 3.05) is 0 Å². The molecule has 0 saturated heterocycles. The minimum Gasteiger partial charge on any atom is -0.480 e. The molecule has 8 heteroatoms. The molecule has 0 aliphatic heterocycles. The summed E-state index contributed by atoms with van der Waals surface area (Å²) in [6, 6.07) is 0. The second kappa shape index (κ2) is 4.30. The third kappa shape index (κ3) is 2.69. The lowest BCUT2D eigenvalue weighted by Crippen LogP contribution is -2.11. The first-order chi connectivity index (χ1) is 6.91. The third-order valence-corrected chi connectivity index (χ3v) is 2.68. The highest BCUT2D eigenvalue weighted by atomic mass is 32.2. The van der Waals surface area contributed by atoms with E-state index < -0.39 is 16.1 Å². The Hall–Kier alpha value is -1.57. The summed E-state index contributed by atoms with van der Waals surface area (Å²) in [6.45, 7) is 1.45. The highest BCUT2D eigenvalue weighted by Gasteiger charge is 2.23. The van der Waals surface area contributed by atoms with Crippen LogP contribution in [0.1, 0.15) is 6.92 Å². The second-order valence-corrected chi connectivity index (χ2v) is 4.18. The molecule has 1 heterocycles. The first-order valence-corrected chi connectivity index (χ1v) is 4.87. The Bertz CT molecular complexity index is 403. The van der Waals surface area contributed by atoms with Crippen molar-refractivity contribution in [3.63, 3.8) is 0 Å². The van der Waals surface area contributed by atoms with Crippen LogP contribution in [0.2, 0.25) is 0 Å². The van der Waals surface area contributed by atoms with Crippen LogP contribution >= 0.6 is 11.8 Å². The van der Waals surface area contributed by atoms with Crippen molar-refractivity contribution in [2.24, 2.45) is 7.05 Å². The summed E-state index contributed by atoms with van der Waals surface area (Å²) in [5.74, 6) is -1.03. The van der Waals surface area contributed by atoms with Gasteiger partial charge in [-0.1, -0.05) is 11.8 Å². The van der Waals surface area contributed by atoms with E-state index in [2.05, 4.69) is 5.10 Å². The summed E-state index contributed by atoms with van der Waals surface area (Å²) in [7, 11) is 1.54. The number of rotatable bonds is 4. The second-order valence-electron chi connectivity index (χ2n) is 2.85. The van der Waals surface area contributed by atoms with Crippen LogP contribution < -0.4 is 0 Å². The molecule has 0 aliphatic carbocycles. The van der Waals surface area contributed by atoms with Gasteiger partial charge in [0.15, 0.2) is 5.03 Å². The number of carbonyl (C=O) groups is 1. The lowest BCUT2D eigenvalue weighted by molar-refractivity contribution is -0.387. The average molecular weight is 231 g/mol. The van der Waals surface area contributed by atoms with Crippen LogP contribution in [0.3, 0.4) is 0 Å². The molecule has 15 heavy (non-hydrogen) atoms. The van der Waals surface area contributed by atoms with Crippen LogP contribution in [0.25, 0.3) is 0 Å². The van der Waals surface area contributed by atoms with Gasteiger partial charge in [0, 0.05) is 7.05 Å². The summed E-state index contributed by atoms with van der Waals surface area (Å²) in [6.07, 6.45) is 1.25. The van der Waals surface area contributed by atoms with Crippen molar-refractivity contribution in [3.8, 4) is 0 Å². The summed E-state index contributed by atoms with van der Waals surface area (Å²) < 4.78 is 1.29. The first-order valence-electron chi connectivity index (χ1n) is 3.99. The highest BCUT2D eigenvalue weighted by Crippen LogP contribution is 2.30. The monoisotopic (exact) mass is 231 g/mol. The van der Waals surface area contributed by atoms with Gasteiger partial charge >= 0.3 is 11.7 Å². The van der Waals surface area contributed by atoms with E-state index in [4.69, 9.17) is 5.11 Å². The van der Waals surface area contributed by atoms with Crippen LogP contribution in [-0.2, 0) is 11.8 Å². The van der Waals surface area contributed by atoms with Gasteiger partial charge in [-0.05, 0) is 6.92 Å². The standard InChI is InChI=1S/C7H9N3O4S/c1-4(7(11)12)15-6-5(10(13)14)3-9(2)8-6/h3-4H,1-2H3,(H,11,12). The maximum absolute atomic E-state index is 10.6. The van der Waals surface area contributed by atoms with Gasteiger partial charge in [0.25, 0.3) is 0 Å². The molecular formula is C7H9N3O4S. The maximum atomic E-state index is 10.6. The quantitative estimate of drug-likeness (QED) is 0.469. The predicted octanol–water partition coefficient (Wildman–Crippen LogP) is 0.893. The Morgan fingerprint density at radius 1 is 1.80 bits per heavy atom. The molecule has 0 saturated carbocycles. The number of thioether (sulfide) groups is 1. The fraction of sp³-hybridized carbons (Fsp3) is 0.429. The Morgan fingerprint density at radius 3 is 2.87 bits per heavy atom. The molecule has 0 aliphatic rings. The number of carboxylic acid groups (broad SMARTS) is 1. The zero-order valence-electron chi connectivity index (χ0n) is 8.08. The summed E-state index contributed by atoms with van der Waals surface area (Å²) in [5, 5.41) is 22.4. The largest absolute Gasteiger partial charge is 0.480 e. The van der Waals surface area contributed by atoms with Crippen molar-refractivity contribution >= 4 is 23.4 Å². The fourth-order valence-electron chi connectivity index (χ4n) is 0.883. The number of aliphatic carboxylic acids is 1. The molecule has 82 valence electrons. The van der Waals surface area contributed by atoms with Gasteiger partial charge in [0.2, 0.25) is 0 Å². The van der Waals surface area contributed by atoms with E-state index in [-0.39, 0.29) is 10.7 Å². The van der Waals surface area contributed by atoms with Crippen LogP contribution in [-0.4, -0.2) is 31.0 Å². The van der Waals surface area contributed by atoms with Gasteiger partial charge in [0.05, 0.1) is 4.92 Å². The smallest absolute Gasteiger partial charge is 0.320 e. The van der Waals surface area contributed by atoms with Crippen LogP contribution in [0, 0.1) is 10.1 Å². The van der Waals surface area contributed by atoms with Crippen LogP contribution in [0.5, 0.6) is 0 Å². The van der Waals surface area contributed by atoms with Crippen molar-refractivity contribution in [3.05, 3.63) is 16.3 Å². The fourth-order valence-corrected chi connectivity index (χ4v) is 1.74. The molecule has 1 aromatic rings. The Labute approximate surface area is 89.2 Å². The molecule has 1 aromatic heterocycles. The zero-order chi connectivity index (χ0) is 11.6. The molecule has 0 radical (unpaired) electrons. The summed E-state index contributed by atoms with van der Waals surface area (Å²) in [4.78, 5) is 20.6. The lowest BCUT2D eigenvalue weighted by Gasteiger charge is -2.01. The molecule has 0 spiro atoms. The number of aryl methyl sites for hydroxylation is 1. The van der Waals surface area contributed by atoms with Gasteiger partial charge in [-0.15, -0.1) is 0 Å². The first kappa shape index (κ1) is 11.5. The van der Waals surface area contributed by atoms with Crippen molar-refractivity contribution in [1.29, 1.82) is 0 Å². The summed E-state index contributed by atoms with van der Waals surface area (Å²) in [5.41, 5.74) is -0.171. The number of aromatic nitrogens is 2. The third-order valence-electron chi connectivity index (χ3n) is 1.61. The van der Waals surface area contributed by atoms with Crippen molar-refractivity contribution < 1.29 is 14.8 Å². The highest BCUT2D eigenvalue weighted by molar-refractivity contribution is 8.00.